The minimum absolute atomic E-state index is 0.0762. The molecule has 42 heavy (non-hydrogen) atoms. The standard InChI is InChI=1S/C34H37N3O4S/c1-26(2)35-34(39)32(23-28-15-7-4-8-16-28)36(24-29-17-9-5-10-18-29)33(38)25-37(30-19-13-14-27(3)22-30)42(40,41)31-20-11-6-12-21-31/h4-22,26,32H,23-25H2,1-3H3,(H,35,39)/t32-/m0/s1. The fourth-order valence-corrected chi connectivity index (χ4v) is 6.17. The molecular weight excluding hydrogens is 546 g/mol. The minimum Gasteiger partial charge on any atom is -0.352 e. The highest BCUT2D eigenvalue weighted by atomic mass is 32.2. The number of rotatable bonds is 12. The fourth-order valence-electron chi connectivity index (χ4n) is 4.75. The SMILES string of the molecule is Cc1cccc(N(CC(=O)N(Cc2ccccc2)[C@@H](Cc2ccccc2)C(=O)NC(C)C)S(=O)(=O)c2ccccc2)c1. The number of nitrogens with one attached hydrogen (secondary N) is 1. The molecule has 8 heteroatoms. The van der Waals surface area contributed by atoms with Gasteiger partial charge >= 0.3 is 0 Å². The maximum absolute atomic E-state index is 14.4. The third-order valence-corrected chi connectivity index (χ3v) is 8.59. The molecule has 0 saturated carbocycles. The predicted octanol–water partition coefficient (Wildman–Crippen LogP) is 5.36. The van der Waals surface area contributed by atoms with Crippen molar-refractivity contribution in [2.75, 3.05) is 10.8 Å². The Bertz CT molecular complexity index is 1580. The first kappa shape index (κ1) is 30.5. The van der Waals surface area contributed by atoms with Crippen molar-refractivity contribution in [3.8, 4) is 0 Å². The minimum atomic E-state index is -4.11. The highest BCUT2D eigenvalue weighted by molar-refractivity contribution is 7.92. The molecule has 4 aromatic rings. The summed E-state index contributed by atoms with van der Waals surface area (Å²) in [6, 6.07) is 33.0. The van der Waals surface area contributed by atoms with Crippen LogP contribution in [-0.4, -0.2) is 43.8 Å². The number of hydrogen-bond acceptors (Lipinski definition) is 4. The van der Waals surface area contributed by atoms with E-state index in [1.54, 1.807) is 36.4 Å². The van der Waals surface area contributed by atoms with Crippen molar-refractivity contribution in [1.82, 2.24) is 10.2 Å². The van der Waals surface area contributed by atoms with Crippen molar-refractivity contribution in [3.05, 3.63) is 132 Å². The average Bonchev–Trinajstić information content (AvgIpc) is 2.98. The third kappa shape index (κ3) is 7.85. The van der Waals surface area contributed by atoms with E-state index in [0.717, 1.165) is 21.0 Å². The number of carbonyl (C=O) groups is 2. The van der Waals surface area contributed by atoms with Crippen LogP contribution >= 0.6 is 0 Å². The Morgan fingerprint density at radius 3 is 1.90 bits per heavy atom. The highest BCUT2D eigenvalue weighted by Crippen LogP contribution is 2.26. The van der Waals surface area contributed by atoms with Gasteiger partial charge in [-0.2, -0.15) is 0 Å². The van der Waals surface area contributed by atoms with E-state index in [2.05, 4.69) is 5.32 Å². The van der Waals surface area contributed by atoms with Crippen LogP contribution in [0.25, 0.3) is 0 Å². The van der Waals surface area contributed by atoms with E-state index in [-0.39, 0.29) is 29.8 Å². The molecule has 218 valence electrons. The molecule has 0 saturated heterocycles. The lowest BCUT2D eigenvalue weighted by molar-refractivity contribution is -0.140. The van der Waals surface area contributed by atoms with Crippen LogP contribution in [-0.2, 0) is 32.6 Å². The number of benzene rings is 4. The number of aryl methyl sites for hydroxylation is 1. The van der Waals surface area contributed by atoms with Gasteiger partial charge < -0.3 is 10.2 Å². The second kappa shape index (κ2) is 14.0. The van der Waals surface area contributed by atoms with Gasteiger partial charge in [-0.25, -0.2) is 8.42 Å². The first-order valence-electron chi connectivity index (χ1n) is 14.0. The number of carbonyl (C=O) groups excluding carboxylic acids is 2. The normalized spacial score (nSPS) is 12.0. The summed E-state index contributed by atoms with van der Waals surface area (Å²) in [7, 11) is -4.11. The second-order valence-corrected chi connectivity index (χ2v) is 12.4. The smallest absolute Gasteiger partial charge is 0.264 e. The van der Waals surface area contributed by atoms with Crippen LogP contribution in [0, 0.1) is 6.92 Å². The van der Waals surface area contributed by atoms with Crippen molar-refractivity contribution in [2.45, 2.75) is 50.7 Å². The van der Waals surface area contributed by atoms with Crippen LogP contribution in [0.2, 0.25) is 0 Å². The first-order chi connectivity index (χ1) is 20.1. The number of amides is 2. The molecule has 0 fully saturated rings. The van der Waals surface area contributed by atoms with Crippen LogP contribution in [0.4, 0.5) is 5.69 Å². The van der Waals surface area contributed by atoms with Gasteiger partial charge in [-0.3, -0.25) is 13.9 Å². The first-order valence-corrected chi connectivity index (χ1v) is 15.4. The lowest BCUT2D eigenvalue weighted by Gasteiger charge is -2.34. The zero-order valence-electron chi connectivity index (χ0n) is 24.2. The Balaban J connectivity index is 1.79. The zero-order valence-corrected chi connectivity index (χ0v) is 25.0. The Morgan fingerprint density at radius 1 is 0.762 bits per heavy atom. The van der Waals surface area contributed by atoms with Gasteiger partial charge in [-0.1, -0.05) is 91.0 Å². The van der Waals surface area contributed by atoms with Gasteiger partial charge in [0.25, 0.3) is 10.0 Å². The molecule has 7 nitrogen and oxygen atoms in total. The van der Waals surface area contributed by atoms with E-state index in [9.17, 15) is 18.0 Å². The van der Waals surface area contributed by atoms with E-state index < -0.39 is 28.5 Å². The van der Waals surface area contributed by atoms with E-state index in [1.807, 2.05) is 87.5 Å². The van der Waals surface area contributed by atoms with Gasteiger partial charge in [-0.15, -0.1) is 0 Å². The Labute approximate surface area is 248 Å². The molecule has 0 aromatic heterocycles. The summed E-state index contributed by atoms with van der Waals surface area (Å²) in [5.41, 5.74) is 2.94. The molecule has 0 spiro atoms. The summed E-state index contributed by atoms with van der Waals surface area (Å²) >= 11 is 0. The van der Waals surface area contributed by atoms with E-state index in [1.165, 1.54) is 17.0 Å². The Morgan fingerprint density at radius 2 is 1.33 bits per heavy atom. The number of nitrogens with zero attached hydrogens (tertiary/aromatic N) is 2. The summed E-state index contributed by atoms with van der Waals surface area (Å²) < 4.78 is 29.1. The highest BCUT2D eigenvalue weighted by Gasteiger charge is 2.34. The number of hydrogen-bond donors (Lipinski definition) is 1. The molecule has 0 aliphatic carbocycles. The lowest BCUT2D eigenvalue weighted by atomic mass is 10.0. The van der Waals surface area contributed by atoms with Gasteiger partial charge in [-0.05, 0) is 61.7 Å². The molecule has 1 N–H and O–H groups in total. The van der Waals surface area contributed by atoms with Crippen LogP contribution in [0.15, 0.2) is 120 Å². The number of anilines is 1. The average molecular weight is 584 g/mol. The Kier molecular flexibility index (Phi) is 10.1. The predicted molar refractivity (Wildman–Crippen MR) is 166 cm³/mol. The summed E-state index contributed by atoms with van der Waals surface area (Å²) in [5.74, 6) is -0.786. The van der Waals surface area contributed by atoms with Crippen molar-refractivity contribution in [3.63, 3.8) is 0 Å². The molecule has 0 heterocycles. The van der Waals surface area contributed by atoms with Crippen LogP contribution in [0.3, 0.4) is 0 Å². The van der Waals surface area contributed by atoms with E-state index in [4.69, 9.17) is 0 Å². The van der Waals surface area contributed by atoms with Gasteiger partial charge in [0.1, 0.15) is 12.6 Å². The lowest BCUT2D eigenvalue weighted by Crippen LogP contribution is -2.54. The monoisotopic (exact) mass is 583 g/mol. The summed E-state index contributed by atoms with van der Waals surface area (Å²) in [4.78, 5) is 29.6. The van der Waals surface area contributed by atoms with Crippen LogP contribution < -0.4 is 9.62 Å². The second-order valence-electron chi connectivity index (χ2n) is 10.5. The van der Waals surface area contributed by atoms with Gasteiger partial charge in [0, 0.05) is 19.0 Å². The van der Waals surface area contributed by atoms with Crippen LogP contribution in [0.1, 0.15) is 30.5 Å². The van der Waals surface area contributed by atoms with Crippen molar-refractivity contribution < 1.29 is 18.0 Å². The van der Waals surface area contributed by atoms with Crippen molar-refractivity contribution >= 4 is 27.5 Å². The van der Waals surface area contributed by atoms with Crippen molar-refractivity contribution in [2.24, 2.45) is 0 Å². The Hall–Kier alpha value is -4.43. The van der Waals surface area contributed by atoms with Crippen LogP contribution in [0.5, 0.6) is 0 Å². The molecule has 0 radical (unpaired) electrons. The molecule has 4 rings (SSSR count). The molecule has 0 bridgehead atoms. The van der Waals surface area contributed by atoms with Gasteiger partial charge in [0.05, 0.1) is 10.6 Å². The molecule has 0 aliphatic heterocycles. The maximum Gasteiger partial charge on any atom is 0.264 e. The molecule has 0 aliphatic rings. The molecule has 2 amide bonds. The number of sulfonamides is 1. The molecular formula is C34H37N3O4S. The summed E-state index contributed by atoms with van der Waals surface area (Å²) in [6.45, 7) is 5.26. The quantitative estimate of drug-likeness (QED) is 0.244. The largest absolute Gasteiger partial charge is 0.352 e. The van der Waals surface area contributed by atoms with E-state index >= 15 is 0 Å². The molecule has 4 aromatic carbocycles. The van der Waals surface area contributed by atoms with E-state index in [0.29, 0.717) is 5.69 Å². The fraction of sp³-hybridized carbons (Fsp3) is 0.235. The van der Waals surface area contributed by atoms with Crippen molar-refractivity contribution in [1.29, 1.82) is 0 Å². The zero-order chi connectivity index (χ0) is 30.1. The maximum atomic E-state index is 14.4. The molecule has 1 atom stereocenters. The summed E-state index contributed by atoms with van der Waals surface area (Å²) in [5, 5.41) is 2.97. The topological polar surface area (TPSA) is 86.8 Å². The van der Waals surface area contributed by atoms with Gasteiger partial charge in [0.15, 0.2) is 0 Å². The third-order valence-electron chi connectivity index (χ3n) is 6.80. The molecule has 0 unspecified atom stereocenters. The van der Waals surface area contributed by atoms with Gasteiger partial charge in [0.2, 0.25) is 11.8 Å². The summed E-state index contributed by atoms with van der Waals surface area (Å²) in [6.07, 6.45) is 0.272.